The standard InChI is InChI=1S/C21H20N2O3S2/c1-15-9-11-20(12-10-15)28(25,26)23-18-7-3-5-16(13-18)21(24)22-17-6-4-8-19(14-17)27-2/h3-14,23H,1-2H3,(H,22,24). The molecule has 0 saturated heterocycles. The van der Waals surface area contributed by atoms with Crippen LogP contribution in [0.4, 0.5) is 11.4 Å². The lowest BCUT2D eigenvalue weighted by Crippen LogP contribution is -2.15. The summed E-state index contributed by atoms with van der Waals surface area (Å²) in [6.07, 6.45) is 1.96. The third kappa shape index (κ3) is 4.94. The van der Waals surface area contributed by atoms with Gasteiger partial charge < -0.3 is 5.32 Å². The molecule has 0 unspecified atom stereocenters. The van der Waals surface area contributed by atoms with E-state index < -0.39 is 10.0 Å². The summed E-state index contributed by atoms with van der Waals surface area (Å²) in [4.78, 5) is 13.8. The van der Waals surface area contributed by atoms with E-state index in [2.05, 4.69) is 10.0 Å². The number of carbonyl (C=O) groups is 1. The van der Waals surface area contributed by atoms with Gasteiger partial charge in [0.1, 0.15) is 0 Å². The molecular weight excluding hydrogens is 392 g/mol. The fraction of sp³-hybridized carbons (Fsp3) is 0.0952. The number of thioether (sulfide) groups is 1. The van der Waals surface area contributed by atoms with E-state index in [9.17, 15) is 13.2 Å². The number of sulfonamides is 1. The molecule has 1 amide bonds. The van der Waals surface area contributed by atoms with Crippen LogP contribution in [0.25, 0.3) is 0 Å². The fourth-order valence-corrected chi connectivity index (χ4v) is 4.07. The van der Waals surface area contributed by atoms with Gasteiger partial charge in [0.15, 0.2) is 0 Å². The molecule has 28 heavy (non-hydrogen) atoms. The third-order valence-corrected chi connectivity index (χ3v) is 6.16. The van der Waals surface area contributed by atoms with Crippen molar-refractivity contribution in [3.8, 4) is 0 Å². The third-order valence-electron chi connectivity index (χ3n) is 4.04. The van der Waals surface area contributed by atoms with Gasteiger partial charge in [-0.3, -0.25) is 9.52 Å². The zero-order chi connectivity index (χ0) is 20.1. The summed E-state index contributed by atoms with van der Waals surface area (Å²) in [7, 11) is -3.72. The minimum Gasteiger partial charge on any atom is -0.322 e. The lowest BCUT2D eigenvalue weighted by molar-refractivity contribution is 0.102. The first-order chi connectivity index (χ1) is 13.4. The number of nitrogens with one attached hydrogen (secondary N) is 2. The Labute approximate surface area is 169 Å². The summed E-state index contributed by atoms with van der Waals surface area (Å²) in [6, 6.07) is 20.5. The molecule has 0 atom stereocenters. The molecular formula is C21H20N2O3S2. The van der Waals surface area contributed by atoms with E-state index in [1.54, 1.807) is 54.2 Å². The summed E-state index contributed by atoms with van der Waals surface area (Å²) in [5.74, 6) is -0.311. The maximum atomic E-state index is 12.5. The molecule has 0 aliphatic rings. The van der Waals surface area contributed by atoms with Crippen molar-refractivity contribution in [3.63, 3.8) is 0 Å². The summed E-state index contributed by atoms with van der Waals surface area (Å²) in [6.45, 7) is 1.89. The van der Waals surface area contributed by atoms with Crippen molar-refractivity contribution < 1.29 is 13.2 Å². The first-order valence-electron chi connectivity index (χ1n) is 8.52. The number of rotatable bonds is 6. The lowest BCUT2D eigenvalue weighted by Gasteiger charge is -2.10. The van der Waals surface area contributed by atoms with Gasteiger partial charge in [0, 0.05) is 21.8 Å². The molecule has 5 nitrogen and oxygen atoms in total. The summed E-state index contributed by atoms with van der Waals surface area (Å²) < 4.78 is 27.6. The highest BCUT2D eigenvalue weighted by Gasteiger charge is 2.15. The van der Waals surface area contributed by atoms with Crippen molar-refractivity contribution in [3.05, 3.63) is 83.9 Å². The summed E-state index contributed by atoms with van der Waals surface area (Å²) in [5.41, 5.74) is 2.34. The highest BCUT2D eigenvalue weighted by Crippen LogP contribution is 2.21. The zero-order valence-electron chi connectivity index (χ0n) is 15.5. The van der Waals surface area contributed by atoms with Crippen LogP contribution in [0, 0.1) is 6.92 Å². The Hall–Kier alpha value is -2.77. The molecule has 3 aromatic carbocycles. The lowest BCUT2D eigenvalue weighted by atomic mass is 10.2. The Balaban J connectivity index is 1.77. The van der Waals surface area contributed by atoms with Gasteiger partial charge in [0.2, 0.25) is 0 Å². The average molecular weight is 413 g/mol. The minimum atomic E-state index is -3.72. The van der Waals surface area contributed by atoms with Crippen LogP contribution in [0.1, 0.15) is 15.9 Å². The summed E-state index contributed by atoms with van der Waals surface area (Å²) >= 11 is 1.59. The molecule has 144 valence electrons. The fourth-order valence-electron chi connectivity index (χ4n) is 2.56. The van der Waals surface area contributed by atoms with E-state index >= 15 is 0 Å². The quantitative estimate of drug-likeness (QED) is 0.572. The van der Waals surface area contributed by atoms with Crippen molar-refractivity contribution in [1.82, 2.24) is 0 Å². The molecule has 0 bridgehead atoms. The first kappa shape index (κ1) is 20.0. The number of anilines is 2. The first-order valence-corrected chi connectivity index (χ1v) is 11.2. The second-order valence-corrected chi connectivity index (χ2v) is 8.75. The molecule has 3 rings (SSSR count). The zero-order valence-corrected chi connectivity index (χ0v) is 17.1. The Kier molecular flexibility index (Phi) is 6.06. The normalized spacial score (nSPS) is 11.1. The minimum absolute atomic E-state index is 0.168. The van der Waals surface area contributed by atoms with E-state index in [4.69, 9.17) is 0 Å². The van der Waals surface area contributed by atoms with E-state index in [-0.39, 0.29) is 10.8 Å². The van der Waals surface area contributed by atoms with E-state index in [0.717, 1.165) is 10.5 Å². The molecule has 0 spiro atoms. The molecule has 3 aromatic rings. The molecule has 0 aromatic heterocycles. The van der Waals surface area contributed by atoms with E-state index in [1.165, 1.54) is 6.07 Å². The number of hydrogen-bond acceptors (Lipinski definition) is 4. The van der Waals surface area contributed by atoms with Crippen LogP contribution in [0.5, 0.6) is 0 Å². The average Bonchev–Trinajstić information content (AvgIpc) is 2.68. The van der Waals surface area contributed by atoms with Crippen molar-refractivity contribution in [2.75, 3.05) is 16.3 Å². The van der Waals surface area contributed by atoms with Gasteiger partial charge in [-0.1, -0.05) is 29.8 Å². The number of benzene rings is 3. The molecule has 7 heteroatoms. The van der Waals surface area contributed by atoms with E-state index in [0.29, 0.717) is 16.9 Å². The van der Waals surface area contributed by atoms with Gasteiger partial charge in [-0.25, -0.2) is 8.42 Å². The molecule has 0 heterocycles. The monoisotopic (exact) mass is 412 g/mol. The number of aryl methyl sites for hydroxylation is 1. The smallest absolute Gasteiger partial charge is 0.261 e. The van der Waals surface area contributed by atoms with Gasteiger partial charge in [0.25, 0.3) is 15.9 Å². The van der Waals surface area contributed by atoms with Gasteiger partial charge in [-0.05, 0) is 61.7 Å². The van der Waals surface area contributed by atoms with E-state index in [1.807, 2.05) is 37.4 Å². The number of hydrogen-bond donors (Lipinski definition) is 2. The Bertz CT molecular complexity index is 1090. The second-order valence-electron chi connectivity index (χ2n) is 6.19. The van der Waals surface area contributed by atoms with Crippen molar-refractivity contribution >= 4 is 39.1 Å². The van der Waals surface area contributed by atoms with Crippen molar-refractivity contribution in [2.45, 2.75) is 16.7 Å². The van der Waals surface area contributed by atoms with Crippen LogP contribution in [0.2, 0.25) is 0 Å². The van der Waals surface area contributed by atoms with Gasteiger partial charge >= 0.3 is 0 Å². The Morgan fingerprint density at radius 3 is 2.29 bits per heavy atom. The van der Waals surface area contributed by atoms with Crippen LogP contribution in [0.3, 0.4) is 0 Å². The topological polar surface area (TPSA) is 75.3 Å². The van der Waals surface area contributed by atoms with Crippen LogP contribution >= 0.6 is 11.8 Å². The second kappa shape index (κ2) is 8.50. The van der Waals surface area contributed by atoms with Crippen molar-refractivity contribution in [2.24, 2.45) is 0 Å². The predicted molar refractivity (Wildman–Crippen MR) is 115 cm³/mol. The molecule has 0 aliphatic heterocycles. The molecule has 0 radical (unpaired) electrons. The highest BCUT2D eigenvalue weighted by atomic mass is 32.2. The SMILES string of the molecule is CSc1cccc(NC(=O)c2cccc(NS(=O)(=O)c3ccc(C)cc3)c2)c1. The van der Waals surface area contributed by atoms with Crippen LogP contribution in [0.15, 0.2) is 82.6 Å². The molecule has 0 saturated carbocycles. The maximum absolute atomic E-state index is 12.5. The maximum Gasteiger partial charge on any atom is 0.261 e. The van der Waals surface area contributed by atoms with Crippen LogP contribution in [-0.2, 0) is 10.0 Å². The Morgan fingerprint density at radius 2 is 1.57 bits per heavy atom. The van der Waals surface area contributed by atoms with Crippen LogP contribution < -0.4 is 10.0 Å². The largest absolute Gasteiger partial charge is 0.322 e. The van der Waals surface area contributed by atoms with Crippen molar-refractivity contribution in [1.29, 1.82) is 0 Å². The number of carbonyl (C=O) groups excluding carboxylic acids is 1. The van der Waals surface area contributed by atoms with Crippen LogP contribution in [-0.4, -0.2) is 20.6 Å². The molecule has 0 fully saturated rings. The Morgan fingerprint density at radius 1 is 0.893 bits per heavy atom. The predicted octanol–water partition coefficient (Wildman–Crippen LogP) is 4.77. The van der Waals surface area contributed by atoms with Gasteiger partial charge in [-0.15, -0.1) is 11.8 Å². The molecule has 0 aliphatic carbocycles. The number of amides is 1. The highest BCUT2D eigenvalue weighted by molar-refractivity contribution is 7.98. The molecule has 2 N–H and O–H groups in total. The van der Waals surface area contributed by atoms with Gasteiger partial charge in [0.05, 0.1) is 4.90 Å². The summed E-state index contributed by atoms with van der Waals surface area (Å²) in [5, 5.41) is 2.83. The van der Waals surface area contributed by atoms with Gasteiger partial charge in [-0.2, -0.15) is 0 Å².